The number of pyridine rings is 1. The summed E-state index contributed by atoms with van der Waals surface area (Å²) in [6, 6.07) is 5.23. The highest BCUT2D eigenvalue weighted by molar-refractivity contribution is 9.10. The Hall–Kier alpha value is -1.33. The third-order valence-corrected chi connectivity index (χ3v) is 3.30. The van der Waals surface area contributed by atoms with Crippen LogP contribution in [-0.2, 0) is 6.54 Å². The molecule has 1 N–H and O–H groups in total. The van der Waals surface area contributed by atoms with Gasteiger partial charge < -0.3 is 9.88 Å². The molecule has 6 heteroatoms. The lowest BCUT2D eigenvalue weighted by molar-refractivity contribution is 0.101. The zero-order valence-electron chi connectivity index (χ0n) is 10.4. The van der Waals surface area contributed by atoms with Gasteiger partial charge >= 0.3 is 0 Å². The number of nitrogens with one attached hydrogen (secondary N) is 1. The minimum Gasteiger partial charge on any atom is -0.342 e. The van der Waals surface area contributed by atoms with Crippen LogP contribution in [0, 0.1) is 0 Å². The molecule has 2 heterocycles. The number of carbonyl (C=O) groups is 1. The SMILES string of the molecule is CCCn1cc(Br)cc1C(=O)Nc1cccnc1Cl. The lowest BCUT2D eigenvalue weighted by Crippen LogP contribution is -2.17. The van der Waals surface area contributed by atoms with Gasteiger partial charge in [0.2, 0.25) is 0 Å². The van der Waals surface area contributed by atoms with Crippen LogP contribution in [0.4, 0.5) is 5.69 Å². The van der Waals surface area contributed by atoms with Crippen LogP contribution in [0.1, 0.15) is 23.8 Å². The van der Waals surface area contributed by atoms with Crippen molar-refractivity contribution in [3.05, 3.63) is 45.9 Å². The Bertz CT molecular complexity index is 597. The van der Waals surface area contributed by atoms with Crippen LogP contribution in [0.3, 0.4) is 0 Å². The molecular weight excluding hydrogens is 330 g/mol. The number of hydrogen-bond acceptors (Lipinski definition) is 2. The number of carbonyl (C=O) groups excluding carboxylic acids is 1. The molecule has 0 fully saturated rings. The van der Waals surface area contributed by atoms with E-state index in [-0.39, 0.29) is 11.1 Å². The summed E-state index contributed by atoms with van der Waals surface area (Å²) in [5.41, 5.74) is 1.10. The maximum atomic E-state index is 12.2. The summed E-state index contributed by atoms with van der Waals surface area (Å²) in [7, 11) is 0. The molecular formula is C13H13BrClN3O. The Morgan fingerprint density at radius 2 is 2.37 bits per heavy atom. The summed E-state index contributed by atoms with van der Waals surface area (Å²) in [5.74, 6) is -0.200. The van der Waals surface area contributed by atoms with E-state index in [1.165, 1.54) is 0 Å². The summed E-state index contributed by atoms with van der Waals surface area (Å²) < 4.78 is 2.78. The first-order chi connectivity index (χ1) is 9.11. The Balaban J connectivity index is 2.23. The fraction of sp³-hybridized carbons (Fsp3) is 0.231. The summed E-state index contributed by atoms with van der Waals surface area (Å²) in [4.78, 5) is 16.2. The Labute approximate surface area is 124 Å². The summed E-state index contributed by atoms with van der Waals surface area (Å²) >= 11 is 9.30. The normalized spacial score (nSPS) is 10.5. The molecule has 19 heavy (non-hydrogen) atoms. The fourth-order valence-electron chi connectivity index (χ4n) is 1.76. The van der Waals surface area contributed by atoms with E-state index in [1.807, 2.05) is 10.8 Å². The first kappa shape index (κ1) is 14.1. The van der Waals surface area contributed by atoms with Crippen molar-refractivity contribution in [2.45, 2.75) is 19.9 Å². The average molecular weight is 343 g/mol. The third kappa shape index (κ3) is 3.36. The molecule has 2 rings (SSSR count). The molecule has 0 bridgehead atoms. The summed E-state index contributed by atoms with van der Waals surface area (Å²) in [6.07, 6.45) is 4.42. The second kappa shape index (κ2) is 6.21. The minimum atomic E-state index is -0.200. The van der Waals surface area contributed by atoms with Crippen molar-refractivity contribution in [1.82, 2.24) is 9.55 Å². The highest BCUT2D eigenvalue weighted by Gasteiger charge is 2.14. The van der Waals surface area contributed by atoms with E-state index in [1.54, 1.807) is 24.4 Å². The van der Waals surface area contributed by atoms with E-state index in [4.69, 9.17) is 11.6 Å². The molecule has 0 saturated carbocycles. The van der Waals surface area contributed by atoms with Crippen molar-refractivity contribution in [2.75, 3.05) is 5.32 Å². The average Bonchev–Trinajstić information content (AvgIpc) is 2.74. The molecule has 4 nitrogen and oxygen atoms in total. The molecule has 0 aromatic carbocycles. The topological polar surface area (TPSA) is 46.9 Å². The number of rotatable bonds is 4. The number of aryl methyl sites for hydroxylation is 1. The number of halogens is 2. The second-order valence-corrected chi connectivity index (χ2v) is 5.31. The van der Waals surface area contributed by atoms with E-state index in [0.29, 0.717) is 11.4 Å². The van der Waals surface area contributed by atoms with Crippen molar-refractivity contribution < 1.29 is 4.79 Å². The largest absolute Gasteiger partial charge is 0.342 e. The predicted octanol–water partition coefficient (Wildman–Crippen LogP) is 3.96. The van der Waals surface area contributed by atoms with Gasteiger partial charge in [-0.15, -0.1) is 0 Å². The molecule has 1 amide bonds. The van der Waals surface area contributed by atoms with Gasteiger partial charge in [-0.3, -0.25) is 4.79 Å². The lowest BCUT2D eigenvalue weighted by Gasteiger charge is -2.09. The molecule has 0 unspecified atom stereocenters. The van der Waals surface area contributed by atoms with Crippen LogP contribution in [0.25, 0.3) is 0 Å². The van der Waals surface area contributed by atoms with Gasteiger partial charge in [-0.1, -0.05) is 18.5 Å². The van der Waals surface area contributed by atoms with Crippen LogP contribution in [-0.4, -0.2) is 15.5 Å². The van der Waals surface area contributed by atoms with E-state index in [0.717, 1.165) is 17.4 Å². The van der Waals surface area contributed by atoms with Gasteiger partial charge in [0.15, 0.2) is 5.15 Å². The smallest absolute Gasteiger partial charge is 0.272 e. The van der Waals surface area contributed by atoms with Gasteiger partial charge in [-0.2, -0.15) is 0 Å². The van der Waals surface area contributed by atoms with E-state index in [2.05, 4.69) is 33.2 Å². The Kier molecular flexibility index (Phi) is 4.61. The number of amides is 1. The summed E-state index contributed by atoms with van der Waals surface area (Å²) in [6.45, 7) is 2.85. The first-order valence-electron chi connectivity index (χ1n) is 5.89. The van der Waals surface area contributed by atoms with Crippen LogP contribution >= 0.6 is 27.5 Å². The molecule has 0 saturated heterocycles. The maximum absolute atomic E-state index is 12.2. The number of aromatic nitrogens is 2. The maximum Gasteiger partial charge on any atom is 0.272 e. The Morgan fingerprint density at radius 3 is 3.05 bits per heavy atom. The van der Waals surface area contributed by atoms with Crippen molar-refractivity contribution in [3.63, 3.8) is 0 Å². The molecule has 100 valence electrons. The van der Waals surface area contributed by atoms with Gasteiger partial charge in [-0.05, 0) is 40.5 Å². The minimum absolute atomic E-state index is 0.200. The molecule has 0 aliphatic carbocycles. The summed E-state index contributed by atoms with van der Waals surface area (Å²) in [5, 5.41) is 3.04. The molecule has 0 aliphatic heterocycles. The zero-order chi connectivity index (χ0) is 13.8. The van der Waals surface area contributed by atoms with Crippen molar-refractivity contribution in [1.29, 1.82) is 0 Å². The molecule has 2 aromatic rings. The number of nitrogens with zero attached hydrogens (tertiary/aromatic N) is 2. The van der Waals surface area contributed by atoms with Crippen LogP contribution < -0.4 is 5.32 Å². The monoisotopic (exact) mass is 341 g/mol. The van der Waals surface area contributed by atoms with E-state index in [9.17, 15) is 4.79 Å². The zero-order valence-corrected chi connectivity index (χ0v) is 12.7. The van der Waals surface area contributed by atoms with Crippen molar-refractivity contribution >= 4 is 39.1 Å². The molecule has 0 aliphatic rings. The molecule has 2 aromatic heterocycles. The molecule has 0 radical (unpaired) electrons. The van der Waals surface area contributed by atoms with Gasteiger partial charge in [0, 0.05) is 23.4 Å². The quantitative estimate of drug-likeness (QED) is 0.855. The highest BCUT2D eigenvalue weighted by Crippen LogP contribution is 2.20. The number of anilines is 1. The van der Waals surface area contributed by atoms with E-state index >= 15 is 0 Å². The predicted molar refractivity (Wildman–Crippen MR) is 79.6 cm³/mol. The standard InChI is InChI=1S/C13H13BrClN3O/c1-2-6-18-8-9(14)7-11(18)13(19)17-10-4-3-5-16-12(10)15/h3-5,7-8H,2,6H2,1H3,(H,17,19). The van der Waals surface area contributed by atoms with Gasteiger partial charge in [0.25, 0.3) is 5.91 Å². The molecule has 0 atom stereocenters. The van der Waals surface area contributed by atoms with Crippen LogP contribution in [0.2, 0.25) is 5.15 Å². The number of hydrogen-bond donors (Lipinski definition) is 1. The second-order valence-electron chi connectivity index (χ2n) is 4.03. The fourth-order valence-corrected chi connectivity index (χ4v) is 2.39. The lowest BCUT2D eigenvalue weighted by atomic mass is 10.3. The molecule has 0 spiro atoms. The Morgan fingerprint density at radius 1 is 1.58 bits per heavy atom. The van der Waals surface area contributed by atoms with Crippen LogP contribution in [0.15, 0.2) is 35.1 Å². The van der Waals surface area contributed by atoms with Crippen molar-refractivity contribution in [3.8, 4) is 0 Å². The van der Waals surface area contributed by atoms with Gasteiger partial charge in [0.05, 0.1) is 5.69 Å². The highest BCUT2D eigenvalue weighted by atomic mass is 79.9. The van der Waals surface area contributed by atoms with Crippen LogP contribution in [0.5, 0.6) is 0 Å². The van der Waals surface area contributed by atoms with Gasteiger partial charge in [-0.25, -0.2) is 4.98 Å². The van der Waals surface area contributed by atoms with Gasteiger partial charge in [0.1, 0.15) is 5.69 Å². The third-order valence-electron chi connectivity index (χ3n) is 2.57. The van der Waals surface area contributed by atoms with Crippen molar-refractivity contribution in [2.24, 2.45) is 0 Å². The first-order valence-corrected chi connectivity index (χ1v) is 7.06. The van der Waals surface area contributed by atoms with E-state index < -0.39 is 0 Å².